The molecule has 0 saturated heterocycles. The Labute approximate surface area is 138 Å². The summed E-state index contributed by atoms with van der Waals surface area (Å²) >= 11 is 0. The van der Waals surface area contributed by atoms with Gasteiger partial charge < -0.3 is 9.72 Å². The molecule has 6 nitrogen and oxygen atoms in total. The molecular formula is C18H15N3O3. The minimum atomic E-state index is -0.235. The van der Waals surface area contributed by atoms with Crippen molar-refractivity contribution in [3.05, 3.63) is 59.3 Å². The summed E-state index contributed by atoms with van der Waals surface area (Å²) in [5.41, 5.74) is 3.59. The van der Waals surface area contributed by atoms with Crippen LogP contribution in [0.2, 0.25) is 0 Å². The van der Waals surface area contributed by atoms with Crippen LogP contribution in [-0.4, -0.2) is 40.3 Å². The largest absolute Gasteiger partial charge is 0.481 e. The predicted molar refractivity (Wildman–Crippen MR) is 88.2 cm³/mol. The third-order valence-electron chi connectivity index (χ3n) is 4.27. The van der Waals surface area contributed by atoms with E-state index in [0.717, 1.165) is 16.6 Å². The third kappa shape index (κ3) is 2.15. The molecule has 0 spiro atoms. The molecule has 3 aromatic rings. The molecular weight excluding hydrogens is 306 g/mol. The number of ether oxygens (including phenoxy) is 1. The van der Waals surface area contributed by atoms with Gasteiger partial charge in [0.2, 0.25) is 5.88 Å². The fraction of sp³-hybridized carbons (Fsp3) is 0.167. The predicted octanol–water partition coefficient (Wildman–Crippen LogP) is 2.41. The highest BCUT2D eigenvalue weighted by molar-refractivity contribution is 6.21. The van der Waals surface area contributed by atoms with Gasteiger partial charge in [0.25, 0.3) is 11.8 Å². The van der Waals surface area contributed by atoms with Crippen LogP contribution in [0.1, 0.15) is 26.3 Å². The van der Waals surface area contributed by atoms with Crippen LogP contribution in [0.4, 0.5) is 0 Å². The molecule has 0 aliphatic carbocycles. The number of hydrogen-bond acceptors (Lipinski definition) is 4. The second-order valence-electron chi connectivity index (χ2n) is 5.62. The monoisotopic (exact) mass is 321 g/mol. The van der Waals surface area contributed by atoms with E-state index in [9.17, 15) is 9.59 Å². The number of rotatable bonds is 4. The summed E-state index contributed by atoms with van der Waals surface area (Å²) in [6.07, 6.45) is 2.39. The third-order valence-corrected chi connectivity index (χ3v) is 4.27. The molecule has 120 valence electrons. The number of imide groups is 1. The fourth-order valence-electron chi connectivity index (χ4n) is 3.01. The van der Waals surface area contributed by atoms with Crippen molar-refractivity contribution in [2.24, 2.45) is 0 Å². The molecule has 0 saturated carbocycles. The molecule has 0 atom stereocenters. The Hall–Kier alpha value is -3.15. The number of nitrogens with one attached hydrogen (secondary N) is 1. The van der Waals surface area contributed by atoms with Gasteiger partial charge in [0.05, 0.1) is 29.3 Å². The fourth-order valence-corrected chi connectivity index (χ4v) is 3.01. The molecule has 1 aliphatic rings. The highest BCUT2D eigenvalue weighted by Gasteiger charge is 2.34. The van der Waals surface area contributed by atoms with E-state index in [1.165, 1.54) is 4.90 Å². The van der Waals surface area contributed by atoms with E-state index in [0.29, 0.717) is 30.0 Å². The van der Waals surface area contributed by atoms with Crippen LogP contribution in [0.25, 0.3) is 11.0 Å². The van der Waals surface area contributed by atoms with Gasteiger partial charge in [0, 0.05) is 18.8 Å². The lowest BCUT2D eigenvalue weighted by Gasteiger charge is -2.13. The molecule has 3 heterocycles. The number of carbonyl (C=O) groups is 2. The summed E-state index contributed by atoms with van der Waals surface area (Å²) in [4.78, 5) is 33.7. The van der Waals surface area contributed by atoms with Crippen LogP contribution >= 0.6 is 0 Å². The number of amides is 2. The Morgan fingerprint density at radius 1 is 1.08 bits per heavy atom. The van der Waals surface area contributed by atoms with Crippen LogP contribution in [0.15, 0.2) is 42.6 Å². The van der Waals surface area contributed by atoms with Crippen LogP contribution in [0.5, 0.6) is 5.88 Å². The summed E-state index contributed by atoms with van der Waals surface area (Å²) in [6.45, 7) is 0.318. The molecule has 0 radical (unpaired) electrons. The first-order chi connectivity index (χ1) is 11.7. The zero-order chi connectivity index (χ0) is 16.7. The van der Waals surface area contributed by atoms with Gasteiger partial charge in [0.15, 0.2) is 0 Å². The smallest absolute Gasteiger partial charge is 0.261 e. The lowest BCUT2D eigenvalue weighted by Crippen LogP contribution is -2.31. The first-order valence-corrected chi connectivity index (χ1v) is 7.65. The summed E-state index contributed by atoms with van der Waals surface area (Å²) < 4.78 is 5.16. The number of methoxy groups -OCH3 is 1. The van der Waals surface area contributed by atoms with E-state index in [2.05, 4.69) is 9.97 Å². The van der Waals surface area contributed by atoms with Crippen molar-refractivity contribution >= 4 is 22.8 Å². The van der Waals surface area contributed by atoms with Crippen molar-refractivity contribution < 1.29 is 14.3 Å². The Morgan fingerprint density at radius 2 is 1.79 bits per heavy atom. The number of aromatic nitrogens is 2. The molecule has 1 aliphatic heterocycles. The minimum Gasteiger partial charge on any atom is -0.481 e. The SMILES string of the molecule is COc1ccc2[nH]cc(CCN3C(=O)c4ccccc4C3=O)c2n1. The molecule has 0 bridgehead atoms. The molecule has 24 heavy (non-hydrogen) atoms. The zero-order valence-corrected chi connectivity index (χ0v) is 13.1. The van der Waals surface area contributed by atoms with E-state index in [1.807, 2.05) is 12.3 Å². The number of hydrogen-bond donors (Lipinski definition) is 1. The van der Waals surface area contributed by atoms with Gasteiger partial charge >= 0.3 is 0 Å². The van der Waals surface area contributed by atoms with Gasteiger partial charge in [-0.3, -0.25) is 14.5 Å². The highest BCUT2D eigenvalue weighted by atomic mass is 16.5. The van der Waals surface area contributed by atoms with Crippen molar-refractivity contribution in [2.75, 3.05) is 13.7 Å². The lowest BCUT2D eigenvalue weighted by atomic mass is 10.1. The molecule has 4 rings (SSSR count). The maximum atomic E-state index is 12.4. The number of carbonyl (C=O) groups excluding carboxylic acids is 2. The van der Waals surface area contributed by atoms with Crippen LogP contribution in [0, 0.1) is 0 Å². The number of aromatic amines is 1. The van der Waals surface area contributed by atoms with Gasteiger partial charge in [-0.15, -0.1) is 0 Å². The molecule has 6 heteroatoms. The van der Waals surface area contributed by atoms with E-state index >= 15 is 0 Å². The van der Waals surface area contributed by atoms with Crippen molar-refractivity contribution in [1.82, 2.24) is 14.9 Å². The second-order valence-corrected chi connectivity index (χ2v) is 5.62. The van der Waals surface area contributed by atoms with Crippen molar-refractivity contribution in [1.29, 1.82) is 0 Å². The summed E-state index contributed by atoms with van der Waals surface area (Å²) in [5, 5.41) is 0. The zero-order valence-electron chi connectivity index (χ0n) is 13.1. The van der Waals surface area contributed by atoms with Crippen molar-refractivity contribution in [2.45, 2.75) is 6.42 Å². The topological polar surface area (TPSA) is 75.3 Å². The van der Waals surface area contributed by atoms with E-state index in [-0.39, 0.29) is 11.8 Å². The minimum absolute atomic E-state index is 0.235. The molecule has 0 fully saturated rings. The number of benzene rings is 1. The van der Waals surface area contributed by atoms with Crippen LogP contribution in [0.3, 0.4) is 0 Å². The summed E-state index contributed by atoms with van der Waals surface area (Å²) in [7, 11) is 1.57. The standard InChI is InChI=1S/C18H15N3O3/c1-24-15-7-6-14-16(20-15)11(10-19-14)8-9-21-17(22)12-4-2-3-5-13(12)18(21)23/h2-7,10,19H,8-9H2,1H3. The van der Waals surface area contributed by atoms with Gasteiger partial charge in [0.1, 0.15) is 0 Å². The van der Waals surface area contributed by atoms with Gasteiger partial charge in [-0.05, 0) is 30.2 Å². The van der Waals surface area contributed by atoms with Crippen molar-refractivity contribution in [3.63, 3.8) is 0 Å². The Balaban J connectivity index is 1.58. The second kappa shape index (κ2) is 5.49. The Morgan fingerprint density at radius 3 is 2.46 bits per heavy atom. The maximum Gasteiger partial charge on any atom is 0.261 e. The summed E-state index contributed by atoms with van der Waals surface area (Å²) in [5.74, 6) is 0.0612. The lowest BCUT2D eigenvalue weighted by molar-refractivity contribution is 0.0656. The van der Waals surface area contributed by atoms with E-state index < -0.39 is 0 Å². The average molecular weight is 321 g/mol. The van der Waals surface area contributed by atoms with Crippen molar-refractivity contribution in [3.8, 4) is 5.88 Å². The molecule has 1 N–H and O–H groups in total. The van der Waals surface area contributed by atoms with Crippen LogP contribution < -0.4 is 4.74 Å². The molecule has 0 unspecified atom stereocenters. The number of pyridine rings is 1. The number of nitrogens with zero attached hydrogens (tertiary/aromatic N) is 2. The molecule has 2 amide bonds. The number of H-pyrrole nitrogens is 1. The quantitative estimate of drug-likeness (QED) is 0.749. The van der Waals surface area contributed by atoms with Gasteiger partial charge in [-0.25, -0.2) is 4.98 Å². The van der Waals surface area contributed by atoms with Crippen LogP contribution in [-0.2, 0) is 6.42 Å². The average Bonchev–Trinajstić information content (AvgIpc) is 3.13. The summed E-state index contributed by atoms with van der Waals surface area (Å²) in [6, 6.07) is 10.6. The van der Waals surface area contributed by atoms with Gasteiger partial charge in [-0.1, -0.05) is 12.1 Å². The Bertz CT molecular complexity index is 926. The molecule has 2 aromatic heterocycles. The maximum absolute atomic E-state index is 12.4. The van der Waals surface area contributed by atoms with Gasteiger partial charge in [-0.2, -0.15) is 0 Å². The first-order valence-electron chi connectivity index (χ1n) is 7.65. The number of fused-ring (bicyclic) bond motifs is 2. The normalized spacial score (nSPS) is 13.6. The van der Waals surface area contributed by atoms with E-state index in [1.54, 1.807) is 37.4 Å². The first kappa shape index (κ1) is 14.4. The van der Waals surface area contributed by atoms with E-state index in [4.69, 9.17) is 4.74 Å². The highest BCUT2D eigenvalue weighted by Crippen LogP contribution is 2.24. The Kier molecular flexibility index (Phi) is 3.30. The molecule has 1 aromatic carbocycles.